The van der Waals surface area contributed by atoms with Crippen molar-refractivity contribution in [1.29, 1.82) is 0 Å². The van der Waals surface area contributed by atoms with Gasteiger partial charge >= 0.3 is 0 Å². The maximum Gasteiger partial charge on any atom is 0.262 e. The lowest BCUT2D eigenvalue weighted by Gasteiger charge is -2.14. The number of carbonyl (C=O) groups is 1. The normalized spacial score (nSPS) is 12.6. The maximum atomic E-state index is 10.8. The minimum Gasteiger partial charge on any atom is -0.482 e. The number of benzene rings is 1. The lowest BCUT2D eigenvalue weighted by Crippen LogP contribution is -2.18. The van der Waals surface area contributed by atoms with Crippen LogP contribution < -0.4 is 4.74 Å². The lowest BCUT2D eigenvalue weighted by atomic mass is 9.98. The Balaban J connectivity index is 2.85. The fraction of sp³-hybridized carbons (Fsp3) is 0.462. The van der Waals surface area contributed by atoms with E-state index in [1.807, 2.05) is 25.1 Å². The van der Waals surface area contributed by atoms with Gasteiger partial charge in [0, 0.05) is 0 Å². The third-order valence-electron chi connectivity index (χ3n) is 2.50. The second-order valence-corrected chi connectivity index (χ2v) is 4.61. The molecule has 1 aromatic rings. The van der Waals surface area contributed by atoms with Crippen LogP contribution >= 0.6 is 11.6 Å². The Morgan fingerprint density at radius 3 is 2.38 bits per heavy atom. The summed E-state index contributed by atoms with van der Waals surface area (Å²) in [4.78, 5) is 10.8. The van der Waals surface area contributed by atoms with Gasteiger partial charge in [-0.05, 0) is 54.6 Å². The van der Waals surface area contributed by atoms with E-state index in [9.17, 15) is 4.79 Å². The minimum atomic E-state index is -0.606. The second kappa shape index (κ2) is 5.35. The van der Waals surface area contributed by atoms with Gasteiger partial charge in [-0.3, -0.25) is 4.79 Å². The molecule has 0 fully saturated rings. The van der Waals surface area contributed by atoms with Gasteiger partial charge in [-0.2, -0.15) is 0 Å². The molecule has 0 bridgehead atoms. The number of halogens is 1. The molecule has 3 heteroatoms. The third-order valence-corrected chi connectivity index (χ3v) is 2.80. The van der Waals surface area contributed by atoms with Gasteiger partial charge in [-0.15, -0.1) is 0 Å². The zero-order valence-corrected chi connectivity index (χ0v) is 10.8. The van der Waals surface area contributed by atoms with Crippen LogP contribution in [0.3, 0.4) is 0 Å². The molecule has 1 rings (SSSR count). The van der Waals surface area contributed by atoms with Crippen molar-refractivity contribution in [2.24, 2.45) is 0 Å². The summed E-state index contributed by atoms with van der Waals surface area (Å²) in [5, 5.41) is -0.481. The van der Waals surface area contributed by atoms with Gasteiger partial charge in [0.05, 0.1) is 0 Å². The first-order valence-corrected chi connectivity index (χ1v) is 5.76. The van der Waals surface area contributed by atoms with Crippen molar-refractivity contribution < 1.29 is 9.53 Å². The summed E-state index contributed by atoms with van der Waals surface area (Å²) < 4.78 is 5.41. The SMILES string of the molecule is Cc1cc(OC(C)C(=O)Cl)ccc1C(C)C. The number of hydrogen-bond donors (Lipinski definition) is 0. The number of carbonyl (C=O) groups excluding carboxylic acids is 1. The number of ether oxygens (including phenoxy) is 1. The molecule has 0 aliphatic rings. The number of rotatable bonds is 4. The largest absolute Gasteiger partial charge is 0.482 e. The quantitative estimate of drug-likeness (QED) is 0.751. The summed E-state index contributed by atoms with van der Waals surface area (Å²) in [6.45, 7) is 7.97. The molecular weight excluding hydrogens is 224 g/mol. The Kier molecular flexibility index (Phi) is 4.36. The predicted octanol–water partition coefficient (Wildman–Crippen LogP) is 3.65. The van der Waals surface area contributed by atoms with Crippen LogP contribution in [0.5, 0.6) is 5.75 Å². The predicted molar refractivity (Wildman–Crippen MR) is 66.2 cm³/mol. The van der Waals surface area contributed by atoms with Gasteiger partial charge in [0.1, 0.15) is 5.75 Å². The molecule has 0 saturated carbocycles. The summed E-state index contributed by atoms with van der Waals surface area (Å²) >= 11 is 5.34. The lowest BCUT2D eigenvalue weighted by molar-refractivity contribution is -0.117. The molecule has 0 N–H and O–H groups in total. The zero-order chi connectivity index (χ0) is 12.3. The van der Waals surface area contributed by atoms with E-state index in [1.54, 1.807) is 6.92 Å². The van der Waals surface area contributed by atoms with Crippen molar-refractivity contribution in [3.8, 4) is 5.75 Å². The summed E-state index contributed by atoms with van der Waals surface area (Å²) in [6, 6.07) is 5.84. The first-order valence-electron chi connectivity index (χ1n) is 5.38. The molecule has 1 aromatic carbocycles. The first kappa shape index (κ1) is 13.0. The van der Waals surface area contributed by atoms with Crippen LogP contribution in [0.1, 0.15) is 37.8 Å². The summed E-state index contributed by atoms with van der Waals surface area (Å²) in [7, 11) is 0. The Bertz CT molecular complexity index is 386. The molecule has 16 heavy (non-hydrogen) atoms. The van der Waals surface area contributed by atoms with Gasteiger partial charge in [0.2, 0.25) is 0 Å². The summed E-state index contributed by atoms with van der Waals surface area (Å²) in [5.41, 5.74) is 2.46. The standard InChI is InChI=1S/C13H17ClO2/c1-8(2)12-6-5-11(7-9(12)3)16-10(4)13(14)15/h5-8,10H,1-4H3. The molecular formula is C13H17ClO2. The average molecular weight is 241 g/mol. The van der Waals surface area contributed by atoms with Crippen LogP contribution in [-0.2, 0) is 4.79 Å². The molecule has 0 aromatic heterocycles. The highest BCUT2D eigenvalue weighted by molar-refractivity contribution is 6.64. The Morgan fingerprint density at radius 1 is 1.31 bits per heavy atom. The van der Waals surface area contributed by atoms with Crippen molar-refractivity contribution >= 4 is 16.8 Å². The van der Waals surface area contributed by atoms with Gasteiger partial charge in [-0.1, -0.05) is 19.9 Å². The zero-order valence-electron chi connectivity index (χ0n) is 10.1. The molecule has 88 valence electrons. The molecule has 1 atom stereocenters. The molecule has 0 aliphatic heterocycles. The van der Waals surface area contributed by atoms with Crippen LogP contribution in [-0.4, -0.2) is 11.3 Å². The molecule has 0 spiro atoms. The van der Waals surface area contributed by atoms with Crippen LogP contribution in [0, 0.1) is 6.92 Å². The first-order chi connectivity index (χ1) is 7.41. The fourth-order valence-corrected chi connectivity index (χ4v) is 1.66. The van der Waals surface area contributed by atoms with Crippen LogP contribution in [0.15, 0.2) is 18.2 Å². The molecule has 0 heterocycles. The van der Waals surface area contributed by atoms with Crippen molar-refractivity contribution in [2.45, 2.75) is 39.7 Å². The summed E-state index contributed by atoms with van der Waals surface area (Å²) in [5.74, 6) is 1.17. The Morgan fingerprint density at radius 2 is 1.94 bits per heavy atom. The van der Waals surface area contributed by atoms with Crippen molar-refractivity contribution in [3.63, 3.8) is 0 Å². The smallest absolute Gasteiger partial charge is 0.262 e. The molecule has 1 unspecified atom stereocenters. The molecule has 0 amide bonds. The van der Waals surface area contributed by atoms with Gasteiger partial charge < -0.3 is 4.74 Å². The van der Waals surface area contributed by atoms with Crippen molar-refractivity contribution in [1.82, 2.24) is 0 Å². The molecule has 0 saturated heterocycles. The molecule has 0 aliphatic carbocycles. The van der Waals surface area contributed by atoms with E-state index in [4.69, 9.17) is 16.3 Å². The third kappa shape index (κ3) is 3.24. The van der Waals surface area contributed by atoms with Gasteiger partial charge in [0.15, 0.2) is 6.10 Å². The second-order valence-electron chi connectivity index (χ2n) is 4.24. The van der Waals surface area contributed by atoms with Gasteiger partial charge in [-0.25, -0.2) is 0 Å². The Hall–Kier alpha value is -1.02. The average Bonchev–Trinajstić information content (AvgIpc) is 2.16. The van der Waals surface area contributed by atoms with Crippen molar-refractivity contribution in [3.05, 3.63) is 29.3 Å². The van der Waals surface area contributed by atoms with Crippen molar-refractivity contribution in [2.75, 3.05) is 0 Å². The number of hydrogen-bond acceptors (Lipinski definition) is 2. The Labute approximate surface area is 102 Å². The minimum absolute atomic E-state index is 0.481. The topological polar surface area (TPSA) is 26.3 Å². The summed E-state index contributed by atoms with van der Waals surface area (Å²) in [6.07, 6.45) is -0.606. The van der Waals surface area contributed by atoms with E-state index in [0.29, 0.717) is 11.7 Å². The highest BCUT2D eigenvalue weighted by atomic mass is 35.5. The van der Waals surface area contributed by atoms with E-state index < -0.39 is 11.3 Å². The van der Waals surface area contributed by atoms with Crippen LogP contribution in [0.25, 0.3) is 0 Å². The highest BCUT2D eigenvalue weighted by Gasteiger charge is 2.12. The maximum absolute atomic E-state index is 10.8. The highest BCUT2D eigenvalue weighted by Crippen LogP contribution is 2.24. The number of aryl methyl sites for hydroxylation is 1. The van der Waals surface area contributed by atoms with Crippen LogP contribution in [0.2, 0.25) is 0 Å². The van der Waals surface area contributed by atoms with Gasteiger partial charge in [0.25, 0.3) is 5.24 Å². The fourth-order valence-electron chi connectivity index (χ4n) is 1.62. The molecule has 0 radical (unpaired) electrons. The van der Waals surface area contributed by atoms with E-state index in [0.717, 1.165) is 0 Å². The molecule has 2 nitrogen and oxygen atoms in total. The van der Waals surface area contributed by atoms with Crippen LogP contribution in [0.4, 0.5) is 0 Å². The van der Waals surface area contributed by atoms with E-state index in [1.165, 1.54) is 11.1 Å². The van der Waals surface area contributed by atoms with E-state index in [2.05, 4.69) is 13.8 Å². The van der Waals surface area contributed by atoms with E-state index in [-0.39, 0.29) is 0 Å². The van der Waals surface area contributed by atoms with E-state index >= 15 is 0 Å². The monoisotopic (exact) mass is 240 g/mol.